The monoisotopic (exact) mass is 173 g/mol. The van der Waals surface area contributed by atoms with Gasteiger partial charge in [0.1, 0.15) is 0 Å². The van der Waals surface area contributed by atoms with Gasteiger partial charge in [-0.05, 0) is 33.6 Å². The highest BCUT2D eigenvalue weighted by molar-refractivity contribution is 4.68. The Bertz CT molecular complexity index is 142. The van der Waals surface area contributed by atoms with Gasteiger partial charge in [-0.2, -0.15) is 5.06 Å². The molecule has 1 fully saturated rings. The summed E-state index contributed by atoms with van der Waals surface area (Å²) in [5.41, 5.74) is -0.142. The van der Waals surface area contributed by atoms with Crippen molar-refractivity contribution in [3.8, 4) is 0 Å². The van der Waals surface area contributed by atoms with Gasteiger partial charge >= 0.3 is 0 Å². The van der Waals surface area contributed by atoms with Crippen LogP contribution >= 0.6 is 0 Å². The molecule has 1 rings (SSSR count). The zero-order valence-corrected chi connectivity index (χ0v) is 8.21. The van der Waals surface area contributed by atoms with Crippen LogP contribution in [0.4, 0.5) is 0 Å². The number of rotatable bonds is 1. The summed E-state index contributed by atoms with van der Waals surface area (Å²) in [5.74, 6) is 0. The molecule has 1 aliphatic rings. The highest BCUT2D eigenvalue weighted by Gasteiger charge is 2.22. The Morgan fingerprint density at radius 3 is 2.58 bits per heavy atom. The molecule has 0 radical (unpaired) electrons. The van der Waals surface area contributed by atoms with Gasteiger partial charge in [-0.15, -0.1) is 0 Å². The predicted octanol–water partition coefficient (Wildman–Crippen LogP) is 1.17. The van der Waals surface area contributed by atoms with Gasteiger partial charge < -0.3 is 5.11 Å². The van der Waals surface area contributed by atoms with Gasteiger partial charge in [-0.1, -0.05) is 0 Å². The summed E-state index contributed by atoms with van der Waals surface area (Å²) >= 11 is 0. The smallest absolute Gasteiger partial charge is 0.0815 e. The molecule has 0 aromatic carbocycles. The van der Waals surface area contributed by atoms with E-state index >= 15 is 0 Å². The highest BCUT2D eigenvalue weighted by Crippen LogP contribution is 2.16. The third kappa shape index (κ3) is 3.52. The molecule has 0 aromatic rings. The number of aliphatic hydroxyl groups is 1. The Labute approximate surface area is 74.3 Å². The van der Waals surface area contributed by atoms with Crippen molar-refractivity contribution in [1.29, 1.82) is 0 Å². The Morgan fingerprint density at radius 1 is 1.42 bits per heavy atom. The average molecular weight is 173 g/mol. The Morgan fingerprint density at radius 2 is 2.08 bits per heavy atom. The van der Waals surface area contributed by atoms with Crippen molar-refractivity contribution >= 4 is 0 Å². The molecular formula is C9H19NO2. The van der Waals surface area contributed by atoms with E-state index in [0.717, 1.165) is 19.4 Å². The molecule has 1 atom stereocenters. The van der Waals surface area contributed by atoms with Crippen LogP contribution in [0.1, 0.15) is 33.6 Å². The van der Waals surface area contributed by atoms with Gasteiger partial charge in [0.05, 0.1) is 18.2 Å². The average Bonchev–Trinajstić information content (AvgIpc) is 1.82. The highest BCUT2D eigenvalue weighted by atomic mass is 16.7. The van der Waals surface area contributed by atoms with Crippen molar-refractivity contribution in [3.05, 3.63) is 0 Å². The van der Waals surface area contributed by atoms with Crippen molar-refractivity contribution in [2.24, 2.45) is 0 Å². The Hall–Kier alpha value is -0.120. The van der Waals surface area contributed by atoms with Crippen LogP contribution in [0.15, 0.2) is 0 Å². The number of piperidine rings is 1. The maximum absolute atomic E-state index is 9.35. The minimum absolute atomic E-state index is 0.142. The van der Waals surface area contributed by atoms with Gasteiger partial charge in [0.15, 0.2) is 0 Å². The van der Waals surface area contributed by atoms with Gasteiger partial charge in [0, 0.05) is 6.54 Å². The molecule has 0 saturated carbocycles. The molecule has 1 heterocycles. The molecule has 1 N–H and O–H groups in total. The third-order valence-electron chi connectivity index (χ3n) is 1.76. The normalized spacial score (nSPS) is 27.5. The second-order valence-corrected chi connectivity index (χ2v) is 4.39. The van der Waals surface area contributed by atoms with E-state index in [1.807, 2.05) is 25.8 Å². The van der Waals surface area contributed by atoms with Crippen LogP contribution in [-0.2, 0) is 4.84 Å². The van der Waals surface area contributed by atoms with E-state index in [1.54, 1.807) is 0 Å². The topological polar surface area (TPSA) is 32.7 Å². The number of hydroxylamine groups is 2. The van der Waals surface area contributed by atoms with Gasteiger partial charge in [-0.3, -0.25) is 4.84 Å². The number of β-amino-alcohol motifs (C(OH)–C–C–N with tert-alkyl or cyclic N) is 1. The van der Waals surface area contributed by atoms with Gasteiger partial charge in [0.2, 0.25) is 0 Å². The molecule has 0 unspecified atom stereocenters. The second-order valence-electron chi connectivity index (χ2n) is 4.39. The molecular weight excluding hydrogens is 154 g/mol. The Balaban J connectivity index is 2.32. The van der Waals surface area contributed by atoms with Crippen LogP contribution in [-0.4, -0.2) is 35.0 Å². The van der Waals surface area contributed by atoms with Crippen molar-refractivity contribution in [3.63, 3.8) is 0 Å². The van der Waals surface area contributed by atoms with E-state index in [0.29, 0.717) is 6.54 Å². The molecule has 3 nitrogen and oxygen atoms in total. The first kappa shape index (κ1) is 9.96. The van der Waals surface area contributed by atoms with Crippen molar-refractivity contribution in [2.75, 3.05) is 13.1 Å². The fraction of sp³-hybridized carbons (Fsp3) is 1.00. The standard InChI is InChI=1S/C9H19NO2/c1-9(2,3)12-10-6-4-5-8(11)7-10/h8,11H,4-7H2,1-3H3/t8-/m0/s1. The number of hydrogen-bond donors (Lipinski definition) is 1. The zero-order chi connectivity index (χ0) is 9.19. The third-order valence-corrected chi connectivity index (χ3v) is 1.76. The summed E-state index contributed by atoms with van der Waals surface area (Å²) in [7, 11) is 0. The summed E-state index contributed by atoms with van der Waals surface area (Å²) in [5, 5.41) is 11.2. The lowest BCUT2D eigenvalue weighted by Gasteiger charge is -2.34. The summed E-state index contributed by atoms with van der Waals surface area (Å²) in [6.45, 7) is 7.65. The fourth-order valence-electron chi connectivity index (χ4n) is 1.39. The molecule has 0 bridgehead atoms. The molecule has 0 aromatic heterocycles. The quantitative estimate of drug-likeness (QED) is 0.646. The lowest BCUT2D eigenvalue weighted by atomic mass is 10.1. The number of hydrogen-bond acceptors (Lipinski definition) is 3. The molecule has 1 aliphatic heterocycles. The summed E-state index contributed by atoms with van der Waals surface area (Å²) in [4.78, 5) is 5.62. The molecule has 0 spiro atoms. The van der Waals surface area contributed by atoms with E-state index in [-0.39, 0.29) is 11.7 Å². The molecule has 0 aliphatic carbocycles. The zero-order valence-electron chi connectivity index (χ0n) is 8.21. The van der Waals surface area contributed by atoms with E-state index in [9.17, 15) is 5.11 Å². The predicted molar refractivity (Wildman–Crippen MR) is 47.7 cm³/mol. The second kappa shape index (κ2) is 3.73. The SMILES string of the molecule is CC(C)(C)ON1CCC[C@H](O)C1. The van der Waals surface area contributed by atoms with Crippen LogP contribution in [0.25, 0.3) is 0 Å². The van der Waals surface area contributed by atoms with Crippen LogP contribution < -0.4 is 0 Å². The first-order valence-electron chi connectivity index (χ1n) is 4.59. The maximum Gasteiger partial charge on any atom is 0.0815 e. The van der Waals surface area contributed by atoms with E-state index in [4.69, 9.17) is 4.84 Å². The van der Waals surface area contributed by atoms with E-state index < -0.39 is 0 Å². The van der Waals surface area contributed by atoms with Crippen LogP contribution in [0.3, 0.4) is 0 Å². The summed E-state index contributed by atoms with van der Waals surface area (Å²) in [6, 6.07) is 0. The fourth-order valence-corrected chi connectivity index (χ4v) is 1.39. The van der Waals surface area contributed by atoms with Crippen molar-refractivity contribution in [2.45, 2.75) is 45.3 Å². The Kier molecular flexibility index (Phi) is 3.09. The van der Waals surface area contributed by atoms with Crippen LogP contribution in [0.5, 0.6) is 0 Å². The van der Waals surface area contributed by atoms with Crippen molar-refractivity contribution in [1.82, 2.24) is 5.06 Å². The molecule has 3 heteroatoms. The first-order valence-corrected chi connectivity index (χ1v) is 4.59. The van der Waals surface area contributed by atoms with Crippen LogP contribution in [0, 0.1) is 0 Å². The largest absolute Gasteiger partial charge is 0.392 e. The van der Waals surface area contributed by atoms with Crippen LogP contribution in [0.2, 0.25) is 0 Å². The molecule has 1 saturated heterocycles. The number of aliphatic hydroxyl groups excluding tert-OH is 1. The van der Waals surface area contributed by atoms with Crippen molar-refractivity contribution < 1.29 is 9.94 Å². The van der Waals surface area contributed by atoms with Gasteiger partial charge in [-0.25, -0.2) is 0 Å². The summed E-state index contributed by atoms with van der Waals surface area (Å²) in [6.07, 6.45) is 1.72. The van der Waals surface area contributed by atoms with E-state index in [1.165, 1.54) is 0 Å². The molecule has 12 heavy (non-hydrogen) atoms. The molecule has 0 amide bonds. The minimum atomic E-state index is -0.207. The maximum atomic E-state index is 9.35. The van der Waals surface area contributed by atoms with Gasteiger partial charge in [0.25, 0.3) is 0 Å². The van der Waals surface area contributed by atoms with E-state index in [2.05, 4.69) is 0 Å². The lowest BCUT2D eigenvalue weighted by Crippen LogP contribution is -2.42. The summed E-state index contributed by atoms with van der Waals surface area (Å²) < 4.78 is 0. The minimum Gasteiger partial charge on any atom is -0.392 e. The first-order chi connectivity index (χ1) is 5.47. The molecule has 72 valence electrons. The lowest BCUT2D eigenvalue weighted by molar-refractivity contribution is -0.246. The number of nitrogens with zero attached hydrogens (tertiary/aromatic N) is 1.